The summed E-state index contributed by atoms with van der Waals surface area (Å²) in [7, 11) is 0. The molecular formula is C29H26ClN10O8S2+. The topological polar surface area (TPSA) is 263 Å². The summed E-state index contributed by atoms with van der Waals surface area (Å²) in [4.78, 5) is 62.4. The number of aromatic nitrogens is 6. The van der Waals surface area contributed by atoms with Gasteiger partial charge in [-0.05, 0) is 31.2 Å². The van der Waals surface area contributed by atoms with E-state index in [1.54, 1.807) is 29.1 Å². The number of benzene rings is 1. The summed E-state index contributed by atoms with van der Waals surface area (Å²) in [5.41, 5.74) is 5.07. The number of thioether (sulfide) groups is 1. The quantitative estimate of drug-likeness (QED) is 0.0312. The number of thiazole rings is 1. The molecule has 21 heteroatoms. The number of oxime groups is 1. The smallest absolute Gasteiger partial charge is 0.350 e. The molecule has 1 fully saturated rings. The van der Waals surface area contributed by atoms with Crippen molar-refractivity contribution in [2.75, 3.05) is 11.5 Å². The number of β-lactam (4-membered cyclic amide) rings is 1. The first-order valence-corrected chi connectivity index (χ1v) is 16.7. The van der Waals surface area contributed by atoms with E-state index in [9.17, 15) is 34.5 Å². The van der Waals surface area contributed by atoms with Gasteiger partial charge in [0.05, 0.1) is 10.7 Å². The van der Waals surface area contributed by atoms with Crippen molar-refractivity contribution in [1.29, 1.82) is 0 Å². The average Bonchev–Trinajstić information content (AvgIpc) is 3.78. The number of aromatic amines is 1. The first kappa shape index (κ1) is 34.3. The molecule has 5 heterocycles. The summed E-state index contributed by atoms with van der Waals surface area (Å²) in [5.74, 6) is -3.59. The fourth-order valence-electron chi connectivity index (χ4n) is 4.91. The number of pyridine rings is 1. The highest BCUT2D eigenvalue weighted by Gasteiger charge is 2.54. The number of aromatic hydroxyl groups is 2. The van der Waals surface area contributed by atoms with E-state index in [0.29, 0.717) is 11.4 Å². The number of hydrogen-bond donors (Lipinski definition) is 6. The monoisotopic (exact) mass is 741 g/mol. The molecular weight excluding hydrogens is 716 g/mol. The van der Waals surface area contributed by atoms with Gasteiger partial charge in [0, 0.05) is 40.0 Å². The summed E-state index contributed by atoms with van der Waals surface area (Å²) in [6, 6.07) is 4.61. The molecule has 2 aliphatic heterocycles. The predicted octanol–water partition coefficient (Wildman–Crippen LogP) is 0.917. The van der Waals surface area contributed by atoms with E-state index in [0.717, 1.165) is 16.9 Å². The van der Waals surface area contributed by atoms with E-state index in [2.05, 4.69) is 36.1 Å². The van der Waals surface area contributed by atoms with Crippen molar-refractivity contribution in [3.63, 3.8) is 0 Å². The van der Waals surface area contributed by atoms with Gasteiger partial charge in [-0.3, -0.25) is 19.3 Å². The van der Waals surface area contributed by atoms with E-state index in [-0.39, 0.29) is 45.1 Å². The highest BCUT2D eigenvalue weighted by atomic mass is 35.5. The van der Waals surface area contributed by atoms with E-state index in [1.807, 2.05) is 0 Å². The van der Waals surface area contributed by atoms with Crippen LogP contribution in [0.4, 0.5) is 5.13 Å². The molecule has 2 atom stereocenters. The molecule has 0 unspecified atom stereocenters. The number of ketones is 1. The van der Waals surface area contributed by atoms with E-state index >= 15 is 0 Å². The van der Waals surface area contributed by atoms with E-state index < -0.39 is 52.1 Å². The highest BCUT2D eigenvalue weighted by Crippen LogP contribution is 2.43. The number of carboxylic acids is 1. The summed E-state index contributed by atoms with van der Waals surface area (Å²) < 4.78 is 1.77. The third-order valence-electron chi connectivity index (χ3n) is 7.62. The number of carboxylic acid groups (broad SMARTS) is 1. The second-order valence-electron chi connectivity index (χ2n) is 11.3. The molecule has 258 valence electrons. The molecule has 1 aromatic carbocycles. The number of carbonyl (C=O) groups excluding carboxylic acids is 3. The Bertz CT molecular complexity index is 2080. The number of H-pyrrole nitrogens is 1. The summed E-state index contributed by atoms with van der Waals surface area (Å²) in [5, 5.41) is 50.4. The molecule has 4 aromatic rings. The zero-order valence-corrected chi connectivity index (χ0v) is 28.3. The second-order valence-corrected chi connectivity index (χ2v) is 13.7. The number of tetrazole rings is 1. The van der Waals surface area contributed by atoms with Crippen LogP contribution < -0.4 is 15.6 Å². The summed E-state index contributed by atoms with van der Waals surface area (Å²) in [6.07, 6.45) is 3.31. The van der Waals surface area contributed by atoms with Crippen molar-refractivity contribution in [3.05, 3.63) is 75.3 Å². The third-order valence-corrected chi connectivity index (χ3v) is 10.0. The van der Waals surface area contributed by atoms with Gasteiger partial charge < -0.3 is 31.2 Å². The Morgan fingerprint density at radius 3 is 2.62 bits per heavy atom. The number of nitrogens with zero attached hydrogens (tertiary/aromatic N) is 7. The van der Waals surface area contributed by atoms with Gasteiger partial charge in [-0.15, -0.1) is 33.3 Å². The lowest BCUT2D eigenvalue weighted by atomic mass is 10.0. The molecule has 50 heavy (non-hydrogen) atoms. The first-order valence-electron chi connectivity index (χ1n) is 14.4. The minimum absolute atomic E-state index is 0.0141. The molecule has 7 N–H and O–H groups in total. The van der Waals surface area contributed by atoms with Crippen LogP contribution >= 0.6 is 34.7 Å². The normalized spacial score (nSPS) is 17.6. The number of anilines is 1. The maximum atomic E-state index is 13.6. The van der Waals surface area contributed by atoms with Gasteiger partial charge in [0.1, 0.15) is 17.1 Å². The molecule has 0 radical (unpaired) electrons. The third kappa shape index (κ3) is 6.42. The lowest BCUT2D eigenvalue weighted by molar-refractivity contribution is -0.688. The van der Waals surface area contributed by atoms with Crippen LogP contribution in [0.15, 0.2) is 52.8 Å². The molecule has 1 saturated heterocycles. The van der Waals surface area contributed by atoms with Gasteiger partial charge >= 0.3 is 5.97 Å². The fraction of sp³-hybridized carbons (Fsp3) is 0.241. The highest BCUT2D eigenvalue weighted by molar-refractivity contribution is 8.00. The molecule has 3 aromatic heterocycles. The van der Waals surface area contributed by atoms with Gasteiger partial charge in [-0.25, -0.2) is 14.3 Å². The molecule has 18 nitrogen and oxygen atoms in total. The molecule has 0 spiro atoms. The number of fused-ring (bicyclic) bond motifs is 1. The van der Waals surface area contributed by atoms with Crippen molar-refractivity contribution >= 4 is 74.8 Å². The van der Waals surface area contributed by atoms with Gasteiger partial charge in [0.25, 0.3) is 11.8 Å². The van der Waals surface area contributed by atoms with Crippen molar-refractivity contribution in [3.8, 4) is 11.5 Å². The minimum Gasteiger partial charge on any atom is -0.504 e. The number of phenolic OH excluding ortho intramolecular Hbond substituents is 2. The van der Waals surface area contributed by atoms with Crippen LogP contribution in [0.1, 0.15) is 41.3 Å². The summed E-state index contributed by atoms with van der Waals surface area (Å²) in [6.45, 7) is 2.77. The Morgan fingerprint density at radius 1 is 1.24 bits per heavy atom. The van der Waals surface area contributed by atoms with Crippen molar-refractivity contribution < 1.29 is 43.9 Å². The number of aliphatic carboxylic acids is 1. The standard InChI is InChI=1S/C29H25ClN10O8S2/c1-29(2,27(46)47)48-36-18(15-11-50-28(31)32-15)24(44)33-19-25(45)40-20(23-34-37-38-35-23)13(10-49-26(19)40)9-39-7-5-12(6-8-39)21(42)14-3-4-16(41)22(43)17(14)30/h3-8,11,19,26H,9-10H2,1-2H3,(H6,31,32,33,34,35,37,38,42,44,46,47)/p+1/t19-,26-/m1/s1. The fourth-order valence-corrected chi connectivity index (χ4v) is 7.04. The SMILES string of the molecule is CC(C)(ON=C(C(=O)N[C@@H]1C(=O)N2C(c3nn[nH]n3)=C(C[n+]3ccc(C(=O)c4ccc(O)c(O)c4Cl)cc3)CS[C@H]12)c1csc(N)n1)C(=O)O. The van der Waals surface area contributed by atoms with Crippen LogP contribution in [0, 0.1) is 0 Å². The number of amides is 2. The minimum atomic E-state index is -1.77. The second kappa shape index (κ2) is 13.4. The molecule has 0 bridgehead atoms. The van der Waals surface area contributed by atoms with Crippen LogP contribution in [-0.4, -0.2) is 97.9 Å². The van der Waals surface area contributed by atoms with Crippen LogP contribution in [0.3, 0.4) is 0 Å². The zero-order chi connectivity index (χ0) is 35.9. The number of halogens is 1. The van der Waals surface area contributed by atoms with Gasteiger partial charge in [0.2, 0.25) is 11.4 Å². The van der Waals surface area contributed by atoms with E-state index in [1.165, 1.54) is 48.0 Å². The average molecular weight is 742 g/mol. The number of nitrogen functional groups attached to an aromatic ring is 1. The van der Waals surface area contributed by atoms with Crippen LogP contribution in [0.2, 0.25) is 5.02 Å². The van der Waals surface area contributed by atoms with Crippen LogP contribution in [0.25, 0.3) is 5.70 Å². The number of nitrogens with one attached hydrogen (secondary N) is 2. The molecule has 2 aliphatic rings. The maximum absolute atomic E-state index is 13.6. The lowest BCUT2D eigenvalue weighted by Crippen LogP contribution is -2.70. The Morgan fingerprint density at radius 2 is 1.98 bits per heavy atom. The number of carbonyl (C=O) groups is 4. The predicted molar refractivity (Wildman–Crippen MR) is 177 cm³/mol. The largest absolute Gasteiger partial charge is 0.504 e. The molecule has 0 saturated carbocycles. The molecule has 6 rings (SSSR count). The van der Waals surface area contributed by atoms with Crippen molar-refractivity contribution in [1.82, 2.24) is 35.8 Å². The van der Waals surface area contributed by atoms with Crippen molar-refractivity contribution in [2.24, 2.45) is 5.16 Å². The Kier molecular flexibility index (Phi) is 9.16. The lowest BCUT2D eigenvalue weighted by Gasteiger charge is -2.49. The first-order chi connectivity index (χ1) is 23.8. The number of nitrogens with two attached hydrogens (primary N) is 1. The van der Waals surface area contributed by atoms with Crippen LogP contribution in [0.5, 0.6) is 11.5 Å². The number of phenols is 2. The number of hydrogen-bond acceptors (Lipinski definition) is 15. The molecule has 0 aliphatic carbocycles. The van der Waals surface area contributed by atoms with Gasteiger partial charge in [0.15, 0.2) is 47.1 Å². The van der Waals surface area contributed by atoms with Crippen LogP contribution in [-0.2, 0) is 25.8 Å². The van der Waals surface area contributed by atoms with Gasteiger partial charge in [-0.1, -0.05) is 16.8 Å². The van der Waals surface area contributed by atoms with Crippen molar-refractivity contribution in [2.45, 2.75) is 37.4 Å². The maximum Gasteiger partial charge on any atom is 0.350 e. The number of rotatable bonds is 11. The Balaban J connectivity index is 1.22. The Hall–Kier alpha value is -5.60. The summed E-state index contributed by atoms with van der Waals surface area (Å²) >= 11 is 8.49. The Labute approximate surface area is 294 Å². The van der Waals surface area contributed by atoms with E-state index in [4.69, 9.17) is 22.2 Å². The van der Waals surface area contributed by atoms with Gasteiger partial charge in [-0.2, -0.15) is 5.21 Å². The molecule has 2 amide bonds. The zero-order valence-electron chi connectivity index (χ0n) is 25.9.